The van der Waals surface area contributed by atoms with Gasteiger partial charge in [0.2, 0.25) is 5.89 Å². The summed E-state index contributed by atoms with van der Waals surface area (Å²) in [5, 5.41) is 4.04. The lowest BCUT2D eigenvalue weighted by atomic mass is 9.85. The van der Waals surface area contributed by atoms with E-state index in [0.29, 0.717) is 0 Å². The number of nitrogens with zero attached hydrogens (tertiary/aromatic N) is 2. The van der Waals surface area contributed by atoms with Crippen LogP contribution in [0, 0.1) is 0 Å². The fraction of sp³-hybridized carbons (Fsp3) is 0.833. The maximum atomic E-state index is 6.11. The van der Waals surface area contributed by atoms with Gasteiger partial charge in [0, 0.05) is 6.04 Å². The van der Waals surface area contributed by atoms with Crippen molar-refractivity contribution in [2.24, 2.45) is 5.73 Å². The maximum Gasteiger partial charge on any atom is 0.231 e. The minimum Gasteiger partial charge on any atom is -0.339 e. The number of thioether (sulfide) groups is 1. The molecule has 1 aliphatic rings. The molecule has 0 spiro atoms. The van der Waals surface area contributed by atoms with Gasteiger partial charge in [-0.2, -0.15) is 16.7 Å². The molecule has 0 aromatic carbocycles. The molecule has 0 aliphatic heterocycles. The van der Waals surface area contributed by atoms with Gasteiger partial charge < -0.3 is 10.3 Å². The van der Waals surface area contributed by atoms with Gasteiger partial charge in [-0.25, -0.2) is 0 Å². The van der Waals surface area contributed by atoms with Gasteiger partial charge in [-0.3, -0.25) is 0 Å². The lowest BCUT2D eigenvalue weighted by molar-refractivity contribution is 0.289. The summed E-state index contributed by atoms with van der Waals surface area (Å²) in [6.45, 7) is 2.18. The highest BCUT2D eigenvalue weighted by Crippen LogP contribution is 2.31. The van der Waals surface area contributed by atoms with Crippen LogP contribution in [0.3, 0.4) is 0 Å². The van der Waals surface area contributed by atoms with E-state index in [1.807, 2.05) is 11.8 Å². The lowest BCUT2D eigenvalue weighted by Gasteiger charge is -2.25. The molecule has 0 bridgehead atoms. The van der Waals surface area contributed by atoms with Gasteiger partial charge in [-0.15, -0.1) is 0 Å². The summed E-state index contributed by atoms with van der Waals surface area (Å²) in [4.78, 5) is 4.48. The topological polar surface area (TPSA) is 64.9 Å². The van der Waals surface area contributed by atoms with Crippen LogP contribution in [-0.4, -0.2) is 21.9 Å². The molecule has 2 rings (SSSR count). The van der Waals surface area contributed by atoms with E-state index < -0.39 is 0 Å². The third-order valence-corrected chi connectivity index (χ3v) is 4.36. The fourth-order valence-electron chi connectivity index (χ4n) is 2.25. The molecular weight excluding hydrogens is 234 g/mol. The van der Waals surface area contributed by atoms with Crippen LogP contribution >= 0.6 is 11.8 Å². The molecule has 1 aromatic heterocycles. The second-order valence-corrected chi connectivity index (χ2v) is 5.76. The number of aromatic nitrogens is 2. The Bertz CT molecular complexity index is 342. The van der Waals surface area contributed by atoms with Crippen LogP contribution in [0.2, 0.25) is 0 Å². The Morgan fingerprint density at radius 1 is 1.41 bits per heavy atom. The molecule has 0 saturated heterocycles. The molecule has 5 heteroatoms. The van der Waals surface area contributed by atoms with Gasteiger partial charge in [0.15, 0.2) is 5.82 Å². The van der Waals surface area contributed by atoms with Gasteiger partial charge in [-0.05, 0) is 25.0 Å². The third kappa shape index (κ3) is 3.45. The van der Waals surface area contributed by atoms with Crippen molar-refractivity contribution in [3.05, 3.63) is 11.7 Å². The Morgan fingerprint density at radius 2 is 2.24 bits per heavy atom. The molecule has 2 atom stereocenters. The van der Waals surface area contributed by atoms with Crippen LogP contribution in [0.5, 0.6) is 0 Å². The summed E-state index contributed by atoms with van der Waals surface area (Å²) in [5.41, 5.74) is 6.11. The zero-order valence-electron chi connectivity index (χ0n) is 10.4. The Labute approximate surface area is 107 Å². The summed E-state index contributed by atoms with van der Waals surface area (Å²) in [7, 11) is 0. The molecule has 2 unspecified atom stereocenters. The fourth-order valence-corrected chi connectivity index (χ4v) is 2.98. The van der Waals surface area contributed by atoms with Crippen LogP contribution in [0.4, 0.5) is 0 Å². The molecule has 0 radical (unpaired) electrons. The van der Waals surface area contributed by atoms with Crippen LogP contribution in [-0.2, 0) is 5.75 Å². The summed E-state index contributed by atoms with van der Waals surface area (Å²) in [5.74, 6) is 3.84. The molecule has 1 aromatic rings. The van der Waals surface area contributed by atoms with Gasteiger partial charge in [-0.1, -0.05) is 24.9 Å². The van der Waals surface area contributed by atoms with E-state index in [2.05, 4.69) is 17.1 Å². The van der Waals surface area contributed by atoms with Gasteiger partial charge in [0.05, 0.1) is 11.7 Å². The number of nitrogens with two attached hydrogens (primary N) is 1. The third-order valence-electron chi connectivity index (χ3n) is 3.20. The highest BCUT2D eigenvalue weighted by atomic mass is 32.2. The largest absolute Gasteiger partial charge is 0.339 e. The van der Waals surface area contributed by atoms with E-state index in [4.69, 9.17) is 10.3 Å². The predicted octanol–water partition coefficient (Wildman–Crippen LogP) is 2.70. The highest BCUT2D eigenvalue weighted by Gasteiger charge is 2.28. The van der Waals surface area contributed by atoms with Crippen molar-refractivity contribution in [1.29, 1.82) is 0 Å². The van der Waals surface area contributed by atoms with E-state index >= 15 is 0 Å². The zero-order valence-corrected chi connectivity index (χ0v) is 11.2. The van der Waals surface area contributed by atoms with Crippen molar-refractivity contribution < 1.29 is 4.52 Å². The standard InChI is InChI=1S/C12H21N3OS/c1-2-7-17-8-11-14-12(16-15-11)9-5-3-4-6-10(9)13/h9-10H,2-8,13H2,1H3. The summed E-state index contributed by atoms with van der Waals surface area (Å²) in [6.07, 6.45) is 5.80. The minimum atomic E-state index is 0.195. The molecule has 4 nitrogen and oxygen atoms in total. The Hall–Kier alpha value is -0.550. The first-order valence-corrected chi connectivity index (χ1v) is 7.62. The van der Waals surface area contributed by atoms with E-state index in [9.17, 15) is 0 Å². The Balaban J connectivity index is 1.92. The molecule has 96 valence electrons. The van der Waals surface area contributed by atoms with E-state index in [1.54, 1.807) is 0 Å². The molecule has 1 heterocycles. The first-order chi connectivity index (χ1) is 8.31. The first-order valence-electron chi connectivity index (χ1n) is 6.47. The molecule has 17 heavy (non-hydrogen) atoms. The molecule has 1 aliphatic carbocycles. The average Bonchev–Trinajstić information content (AvgIpc) is 2.79. The maximum absolute atomic E-state index is 6.11. The van der Waals surface area contributed by atoms with Crippen molar-refractivity contribution in [2.75, 3.05) is 5.75 Å². The molecule has 1 fully saturated rings. The molecule has 0 amide bonds. The van der Waals surface area contributed by atoms with Crippen LogP contribution in [0.15, 0.2) is 4.52 Å². The smallest absolute Gasteiger partial charge is 0.231 e. The van der Waals surface area contributed by atoms with Crippen molar-refractivity contribution in [2.45, 2.75) is 56.7 Å². The van der Waals surface area contributed by atoms with Crippen molar-refractivity contribution in [1.82, 2.24) is 10.1 Å². The van der Waals surface area contributed by atoms with Crippen molar-refractivity contribution in [3.63, 3.8) is 0 Å². The summed E-state index contributed by atoms with van der Waals surface area (Å²) >= 11 is 1.85. The second kappa shape index (κ2) is 6.40. The van der Waals surface area contributed by atoms with Gasteiger partial charge in [0.25, 0.3) is 0 Å². The molecule has 2 N–H and O–H groups in total. The van der Waals surface area contributed by atoms with Crippen molar-refractivity contribution >= 4 is 11.8 Å². The lowest BCUT2D eigenvalue weighted by Crippen LogP contribution is -2.31. The quantitative estimate of drug-likeness (QED) is 0.819. The van der Waals surface area contributed by atoms with E-state index in [0.717, 1.165) is 36.1 Å². The summed E-state index contributed by atoms with van der Waals surface area (Å²) in [6, 6.07) is 0.195. The van der Waals surface area contributed by atoms with E-state index in [-0.39, 0.29) is 12.0 Å². The van der Waals surface area contributed by atoms with Crippen LogP contribution in [0.1, 0.15) is 56.7 Å². The summed E-state index contributed by atoms with van der Waals surface area (Å²) < 4.78 is 5.35. The normalized spacial score (nSPS) is 25.1. The SMILES string of the molecule is CCCSCc1noc(C2CCCCC2N)n1. The van der Waals surface area contributed by atoms with Gasteiger partial charge >= 0.3 is 0 Å². The second-order valence-electron chi connectivity index (χ2n) is 4.66. The Kier molecular flexibility index (Phi) is 4.86. The van der Waals surface area contributed by atoms with E-state index in [1.165, 1.54) is 19.3 Å². The van der Waals surface area contributed by atoms with Crippen LogP contribution in [0.25, 0.3) is 0 Å². The first kappa shape index (κ1) is 12.9. The predicted molar refractivity (Wildman–Crippen MR) is 69.9 cm³/mol. The van der Waals surface area contributed by atoms with Crippen LogP contribution < -0.4 is 5.73 Å². The van der Waals surface area contributed by atoms with Crippen molar-refractivity contribution in [3.8, 4) is 0 Å². The monoisotopic (exact) mass is 255 g/mol. The minimum absolute atomic E-state index is 0.195. The number of hydrogen-bond acceptors (Lipinski definition) is 5. The highest BCUT2D eigenvalue weighted by molar-refractivity contribution is 7.98. The Morgan fingerprint density at radius 3 is 3.00 bits per heavy atom. The average molecular weight is 255 g/mol. The zero-order chi connectivity index (χ0) is 12.1. The molecular formula is C12H21N3OS. The molecule has 1 saturated carbocycles. The number of rotatable bonds is 5. The number of hydrogen-bond donors (Lipinski definition) is 1. The van der Waals surface area contributed by atoms with Gasteiger partial charge in [0.1, 0.15) is 0 Å².